The van der Waals surface area contributed by atoms with Crippen molar-refractivity contribution in [2.75, 3.05) is 36.5 Å². The lowest BCUT2D eigenvalue weighted by molar-refractivity contribution is -0.00594. The molecule has 2 saturated heterocycles. The Morgan fingerprint density at radius 3 is 2.43 bits per heavy atom. The van der Waals surface area contributed by atoms with Gasteiger partial charge in [0.25, 0.3) is 5.92 Å². The molecule has 148 valence electrons. The van der Waals surface area contributed by atoms with Crippen LogP contribution in [-0.2, 0) is 17.9 Å². The molecular weight excluding hydrogens is 385 g/mol. The molecule has 1 aromatic carbocycles. The number of anilines is 1. The van der Waals surface area contributed by atoms with E-state index in [0.29, 0.717) is 11.3 Å². The monoisotopic (exact) mass is 406 g/mol. The fourth-order valence-corrected chi connectivity index (χ4v) is 5.32. The predicted molar refractivity (Wildman–Crippen MR) is 105 cm³/mol. The molecule has 3 heterocycles. The third kappa shape index (κ3) is 2.72. The van der Waals surface area contributed by atoms with Crippen LogP contribution in [0.25, 0.3) is 11.3 Å². The van der Waals surface area contributed by atoms with Crippen LogP contribution in [0.5, 0.6) is 0 Å². The maximum absolute atomic E-state index is 14.4. The van der Waals surface area contributed by atoms with Crippen LogP contribution in [-0.4, -0.2) is 47.8 Å². The second kappa shape index (κ2) is 6.35. The topological polar surface area (TPSA) is 41.1 Å². The third-order valence-electron chi connectivity index (χ3n) is 6.04. The summed E-state index contributed by atoms with van der Waals surface area (Å²) < 4.78 is 42.1. The minimum absolute atomic E-state index is 0.0111. The van der Waals surface area contributed by atoms with E-state index < -0.39 is 12.1 Å². The van der Waals surface area contributed by atoms with E-state index in [-0.39, 0.29) is 43.1 Å². The van der Waals surface area contributed by atoms with Crippen molar-refractivity contribution < 1.29 is 13.2 Å². The number of nitrogens with one attached hydrogen (secondary N) is 1. The van der Waals surface area contributed by atoms with Gasteiger partial charge in [-0.25, -0.2) is 14.4 Å². The normalized spacial score (nSPS) is 22.5. The maximum Gasteiger partial charge on any atom is 0.290 e. The number of hydrogen-bond acceptors (Lipinski definition) is 5. The molecule has 0 bridgehead atoms. The van der Waals surface area contributed by atoms with E-state index in [0.717, 1.165) is 17.1 Å². The lowest BCUT2D eigenvalue weighted by Crippen LogP contribution is -2.51. The van der Waals surface area contributed by atoms with E-state index in [2.05, 4.69) is 15.3 Å². The molecule has 5 rings (SSSR count). The zero-order valence-corrected chi connectivity index (χ0v) is 16.3. The number of aromatic nitrogens is 2. The van der Waals surface area contributed by atoms with Crippen LogP contribution in [0.4, 0.5) is 19.1 Å². The van der Waals surface area contributed by atoms with E-state index in [9.17, 15) is 13.2 Å². The molecule has 28 heavy (non-hydrogen) atoms. The maximum atomic E-state index is 14.4. The molecule has 0 radical (unpaired) electrons. The molecule has 4 nitrogen and oxygen atoms in total. The highest BCUT2D eigenvalue weighted by atomic mass is 32.2. The minimum Gasteiger partial charge on any atom is -0.335 e. The van der Waals surface area contributed by atoms with Crippen LogP contribution in [0.15, 0.2) is 24.3 Å². The average Bonchev–Trinajstić information content (AvgIpc) is 2.94. The van der Waals surface area contributed by atoms with E-state index in [4.69, 9.17) is 0 Å². The van der Waals surface area contributed by atoms with Gasteiger partial charge >= 0.3 is 0 Å². The van der Waals surface area contributed by atoms with Crippen molar-refractivity contribution in [1.29, 1.82) is 0 Å². The van der Waals surface area contributed by atoms with Crippen molar-refractivity contribution in [2.24, 2.45) is 0 Å². The molecule has 1 N–H and O–H groups in total. The van der Waals surface area contributed by atoms with Gasteiger partial charge in [-0.15, -0.1) is 0 Å². The molecule has 3 aliphatic rings. The standard InChI is InChI=1S/C20H21F3N4S/c1-24-19(10-28-11-19)13-4-2-12(3-5-13)16-15-6-7-20(22,23)17(15)26-18(25-16)27-8-14(21)9-27/h2-5,14,24H,6-11H2,1H3. The lowest BCUT2D eigenvalue weighted by Gasteiger charge is -2.41. The highest BCUT2D eigenvalue weighted by Gasteiger charge is 2.44. The molecular formula is C20H21F3N4S. The second-order valence-corrected chi connectivity index (χ2v) is 8.79. The van der Waals surface area contributed by atoms with Gasteiger partial charge in [0.2, 0.25) is 5.95 Å². The van der Waals surface area contributed by atoms with Gasteiger partial charge in [0, 0.05) is 29.1 Å². The number of rotatable bonds is 4. The van der Waals surface area contributed by atoms with Gasteiger partial charge < -0.3 is 10.2 Å². The quantitative estimate of drug-likeness (QED) is 0.842. The van der Waals surface area contributed by atoms with Gasteiger partial charge in [-0.1, -0.05) is 24.3 Å². The summed E-state index contributed by atoms with van der Waals surface area (Å²) in [6.45, 7) is 0.316. The van der Waals surface area contributed by atoms with E-state index in [1.54, 1.807) is 4.90 Å². The van der Waals surface area contributed by atoms with E-state index in [1.807, 2.05) is 43.1 Å². The third-order valence-corrected chi connectivity index (χ3v) is 7.43. The number of alkyl halides is 3. The average molecular weight is 406 g/mol. The van der Waals surface area contributed by atoms with Gasteiger partial charge in [-0.3, -0.25) is 0 Å². The molecule has 2 aliphatic heterocycles. The zero-order valence-electron chi connectivity index (χ0n) is 15.5. The SMILES string of the molecule is CNC1(c2ccc(-c3nc(N4CC(F)C4)nc4c3CCC4(F)F)cc2)CSC1. The number of benzene rings is 1. The van der Waals surface area contributed by atoms with Crippen LogP contribution >= 0.6 is 11.8 Å². The Balaban J connectivity index is 1.56. The summed E-state index contributed by atoms with van der Waals surface area (Å²) in [5.74, 6) is -0.723. The van der Waals surface area contributed by atoms with Crippen molar-refractivity contribution in [2.45, 2.75) is 30.5 Å². The van der Waals surface area contributed by atoms with Crippen molar-refractivity contribution >= 4 is 17.7 Å². The van der Waals surface area contributed by atoms with Gasteiger partial charge in [-0.2, -0.15) is 20.5 Å². The molecule has 0 amide bonds. The summed E-state index contributed by atoms with van der Waals surface area (Å²) in [7, 11) is 1.96. The van der Waals surface area contributed by atoms with Gasteiger partial charge in [0.05, 0.1) is 24.3 Å². The summed E-state index contributed by atoms with van der Waals surface area (Å²) in [6.07, 6.45) is -0.946. The number of hydrogen-bond donors (Lipinski definition) is 1. The number of fused-ring (bicyclic) bond motifs is 1. The first-order valence-corrected chi connectivity index (χ1v) is 10.6. The summed E-state index contributed by atoms with van der Waals surface area (Å²) in [5.41, 5.74) is 2.85. The Bertz CT molecular complexity index is 903. The van der Waals surface area contributed by atoms with Crippen molar-refractivity contribution in [3.05, 3.63) is 41.1 Å². The highest BCUT2D eigenvalue weighted by Crippen LogP contribution is 2.45. The largest absolute Gasteiger partial charge is 0.335 e. The molecule has 8 heteroatoms. The summed E-state index contributed by atoms with van der Waals surface area (Å²) in [5, 5.41) is 3.40. The summed E-state index contributed by atoms with van der Waals surface area (Å²) >= 11 is 1.89. The Morgan fingerprint density at radius 1 is 1.14 bits per heavy atom. The van der Waals surface area contributed by atoms with Crippen molar-refractivity contribution in [1.82, 2.24) is 15.3 Å². The van der Waals surface area contributed by atoms with Crippen molar-refractivity contribution in [3.63, 3.8) is 0 Å². The first-order chi connectivity index (χ1) is 13.4. The van der Waals surface area contributed by atoms with E-state index >= 15 is 0 Å². The second-order valence-electron chi connectivity index (χ2n) is 7.81. The molecule has 2 aromatic rings. The van der Waals surface area contributed by atoms with Gasteiger partial charge in [0.15, 0.2) is 0 Å². The molecule has 2 fully saturated rings. The molecule has 1 aromatic heterocycles. The molecule has 0 spiro atoms. The van der Waals surface area contributed by atoms with Crippen LogP contribution in [0.3, 0.4) is 0 Å². The Morgan fingerprint density at radius 2 is 1.86 bits per heavy atom. The molecule has 1 aliphatic carbocycles. The highest BCUT2D eigenvalue weighted by molar-refractivity contribution is 8.00. The smallest absolute Gasteiger partial charge is 0.290 e. The molecule has 0 unspecified atom stereocenters. The molecule has 0 atom stereocenters. The fourth-order valence-electron chi connectivity index (χ4n) is 4.09. The first kappa shape index (κ1) is 18.2. The Kier molecular flexibility index (Phi) is 4.14. The number of thioether (sulfide) groups is 1. The molecule has 0 saturated carbocycles. The number of halogens is 3. The predicted octanol–water partition coefficient (Wildman–Crippen LogP) is 3.50. The number of nitrogens with zero attached hydrogens (tertiary/aromatic N) is 3. The minimum atomic E-state index is -2.96. The van der Waals surface area contributed by atoms with Crippen LogP contribution in [0.1, 0.15) is 23.2 Å². The fraction of sp³-hybridized carbons (Fsp3) is 0.500. The Hall–Kier alpha value is -1.80. The Labute approximate surface area is 165 Å². The van der Waals surface area contributed by atoms with Crippen molar-refractivity contribution in [3.8, 4) is 11.3 Å². The lowest BCUT2D eigenvalue weighted by atomic mass is 9.91. The first-order valence-electron chi connectivity index (χ1n) is 9.48. The van der Waals surface area contributed by atoms with Crippen LogP contribution in [0, 0.1) is 0 Å². The zero-order chi connectivity index (χ0) is 19.5. The van der Waals surface area contributed by atoms with Gasteiger partial charge in [0.1, 0.15) is 11.9 Å². The van der Waals surface area contributed by atoms with Gasteiger partial charge in [-0.05, 0) is 19.0 Å². The van der Waals surface area contributed by atoms with Crippen LogP contribution in [0.2, 0.25) is 0 Å². The van der Waals surface area contributed by atoms with Crippen LogP contribution < -0.4 is 10.2 Å². The van der Waals surface area contributed by atoms with E-state index in [1.165, 1.54) is 5.56 Å². The summed E-state index contributed by atoms with van der Waals surface area (Å²) in [4.78, 5) is 10.3. The summed E-state index contributed by atoms with van der Waals surface area (Å²) in [6, 6.07) is 8.00.